The number of nitrogens with one attached hydrogen (secondary N) is 1. The van der Waals surface area contributed by atoms with Crippen LogP contribution in [0.2, 0.25) is 0 Å². The minimum atomic E-state index is -0.857. The SMILES string of the molecule is COc1ccc(Br)cc1/C=C1\C(=O)NC(=O)N(c2ccc(O)cc2)C1=O. The molecule has 2 aromatic carbocycles. The topological polar surface area (TPSA) is 95.9 Å². The molecule has 2 aromatic rings. The van der Waals surface area contributed by atoms with E-state index in [9.17, 15) is 19.5 Å². The lowest BCUT2D eigenvalue weighted by atomic mass is 10.1. The summed E-state index contributed by atoms with van der Waals surface area (Å²) >= 11 is 3.33. The number of phenols is 1. The van der Waals surface area contributed by atoms with E-state index >= 15 is 0 Å². The zero-order valence-corrected chi connectivity index (χ0v) is 15.1. The van der Waals surface area contributed by atoms with Crippen LogP contribution < -0.4 is 15.0 Å². The largest absolute Gasteiger partial charge is 0.508 e. The van der Waals surface area contributed by atoms with Crippen LogP contribution in [0, 0.1) is 0 Å². The number of carbonyl (C=O) groups excluding carboxylic acids is 3. The van der Waals surface area contributed by atoms with Gasteiger partial charge in [-0.15, -0.1) is 0 Å². The van der Waals surface area contributed by atoms with Crippen molar-refractivity contribution in [2.75, 3.05) is 12.0 Å². The number of barbiturate groups is 1. The van der Waals surface area contributed by atoms with Crippen molar-refractivity contribution in [2.24, 2.45) is 0 Å². The van der Waals surface area contributed by atoms with Crippen molar-refractivity contribution >= 4 is 45.5 Å². The van der Waals surface area contributed by atoms with Gasteiger partial charge in [-0.1, -0.05) is 15.9 Å². The van der Waals surface area contributed by atoms with E-state index < -0.39 is 17.8 Å². The Balaban J connectivity index is 2.06. The molecule has 0 bridgehead atoms. The van der Waals surface area contributed by atoms with Crippen LogP contribution >= 0.6 is 15.9 Å². The summed E-state index contributed by atoms with van der Waals surface area (Å²) in [7, 11) is 1.47. The number of methoxy groups -OCH3 is 1. The third-order valence-electron chi connectivity index (χ3n) is 3.70. The van der Waals surface area contributed by atoms with Crippen molar-refractivity contribution in [3.63, 3.8) is 0 Å². The summed E-state index contributed by atoms with van der Waals surface area (Å²) in [6.45, 7) is 0. The number of nitrogens with zero attached hydrogens (tertiary/aromatic N) is 1. The van der Waals surface area contributed by atoms with Crippen molar-refractivity contribution in [2.45, 2.75) is 0 Å². The number of ether oxygens (including phenoxy) is 1. The highest BCUT2D eigenvalue weighted by atomic mass is 79.9. The average molecular weight is 417 g/mol. The molecule has 1 aliphatic rings. The molecule has 1 heterocycles. The van der Waals surface area contributed by atoms with E-state index in [2.05, 4.69) is 21.2 Å². The second-order valence-electron chi connectivity index (χ2n) is 5.36. The highest BCUT2D eigenvalue weighted by molar-refractivity contribution is 9.10. The zero-order valence-electron chi connectivity index (χ0n) is 13.5. The van der Waals surface area contributed by atoms with E-state index in [1.165, 1.54) is 37.5 Å². The van der Waals surface area contributed by atoms with Crippen LogP contribution in [-0.4, -0.2) is 30.1 Å². The van der Waals surface area contributed by atoms with Crippen LogP contribution in [-0.2, 0) is 9.59 Å². The second kappa shape index (κ2) is 7.01. The van der Waals surface area contributed by atoms with Gasteiger partial charge >= 0.3 is 6.03 Å². The molecule has 0 spiro atoms. The molecule has 0 saturated carbocycles. The van der Waals surface area contributed by atoms with Crippen LogP contribution in [0.4, 0.5) is 10.5 Å². The summed E-state index contributed by atoms with van der Waals surface area (Å²) < 4.78 is 5.98. The van der Waals surface area contributed by atoms with Gasteiger partial charge in [-0.25, -0.2) is 9.69 Å². The quantitative estimate of drug-likeness (QED) is 0.592. The number of phenolic OH excluding ortho intramolecular Hbond substituents is 1. The molecule has 0 atom stereocenters. The van der Waals surface area contributed by atoms with Crippen molar-refractivity contribution < 1.29 is 24.2 Å². The monoisotopic (exact) mass is 416 g/mol. The number of hydrogen-bond donors (Lipinski definition) is 2. The average Bonchev–Trinajstić information content (AvgIpc) is 2.60. The Hall–Kier alpha value is -3.13. The first-order valence-corrected chi connectivity index (χ1v) is 8.24. The molecule has 0 aromatic heterocycles. The highest BCUT2D eigenvalue weighted by Crippen LogP contribution is 2.28. The summed E-state index contributed by atoms with van der Waals surface area (Å²) in [5.41, 5.74) is 0.513. The first-order valence-electron chi connectivity index (χ1n) is 7.44. The number of imide groups is 2. The lowest BCUT2D eigenvalue weighted by Gasteiger charge is -2.26. The molecule has 2 N–H and O–H groups in total. The standard InChI is InChI=1S/C18H13BrN2O5/c1-26-15-7-2-11(19)8-10(15)9-14-16(23)20-18(25)21(17(14)24)12-3-5-13(22)6-4-12/h2-9,22H,1H3,(H,20,23,25)/b14-9+. The number of hydrogen-bond acceptors (Lipinski definition) is 5. The molecule has 8 heteroatoms. The van der Waals surface area contributed by atoms with Gasteiger partial charge in [0.15, 0.2) is 0 Å². The van der Waals surface area contributed by atoms with Crippen molar-refractivity contribution in [3.8, 4) is 11.5 Å². The van der Waals surface area contributed by atoms with E-state index in [0.717, 1.165) is 9.37 Å². The molecule has 3 rings (SSSR count). The van der Waals surface area contributed by atoms with Crippen molar-refractivity contribution in [1.82, 2.24) is 5.32 Å². The molecule has 7 nitrogen and oxygen atoms in total. The zero-order chi connectivity index (χ0) is 18.8. The van der Waals surface area contributed by atoms with Gasteiger partial charge in [0.1, 0.15) is 17.1 Å². The third kappa shape index (κ3) is 3.31. The molecule has 0 radical (unpaired) electrons. The first kappa shape index (κ1) is 17.7. The number of aromatic hydroxyl groups is 1. The van der Waals surface area contributed by atoms with Crippen LogP contribution in [0.25, 0.3) is 6.08 Å². The number of amides is 4. The minimum Gasteiger partial charge on any atom is -0.508 e. The van der Waals surface area contributed by atoms with E-state index in [1.54, 1.807) is 18.2 Å². The third-order valence-corrected chi connectivity index (χ3v) is 4.19. The van der Waals surface area contributed by atoms with Crippen LogP contribution in [0.3, 0.4) is 0 Å². The van der Waals surface area contributed by atoms with E-state index in [0.29, 0.717) is 11.3 Å². The fourth-order valence-corrected chi connectivity index (χ4v) is 2.85. The molecule has 1 aliphatic heterocycles. The van der Waals surface area contributed by atoms with E-state index in [-0.39, 0.29) is 17.0 Å². The Morgan fingerprint density at radius 1 is 1.12 bits per heavy atom. The number of rotatable bonds is 3. The minimum absolute atomic E-state index is 0.00988. The van der Waals surface area contributed by atoms with Gasteiger partial charge in [0.2, 0.25) is 0 Å². The predicted molar refractivity (Wildman–Crippen MR) is 97.8 cm³/mol. The Bertz CT molecular complexity index is 937. The van der Waals surface area contributed by atoms with E-state index in [1.807, 2.05) is 0 Å². The second-order valence-corrected chi connectivity index (χ2v) is 6.28. The molecule has 0 unspecified atom stereocenters. The molecular formula is C18H13BrN2O5. The van der Waals surface area contributed by atoms with Gasteiger partial charge in [0.05, 0.1) is 12.8 Å². The summed E-state index contributed by atoms with van der Waals surface area (Å²) in [5.74, 6) is -1.11. The van der Waals surface area contributed by atoms with Gasteiger partial charge in [-0.2, -0.15) is 0 Å². The van der Waals surface area contributed by atoms with Gasteiger partial charge < -0.3 is 9.84 Å². The normalized spacial score (nSPS) is 16.0. The maximum Gasteiger partial charge on any atom is 0.335 e. The van der Waals surface area contributed by atoms with Gasteiger partial charge in [-0.3, -0.25) is 14.9 Å². The molecule has 1 fully saturated rings. The number of carbonyl (C=O) groups is 3. The lowest BCUT2D eigenvalue weighted by Crippen LogP contribution is -2.54. The first-order chi connectivity index (χ1) is 12.4. The van der Waals surface area contributed by atoms with Crippen LogP contribution in [0.1, 0.15) is 5.56 Å². The smallest absolute Gasteiger partial charge is 0.335 e. The van der Waals surface area contributed by atoms with Crippen molar-refractivity contribution in [3.05, 3.63) is 58.1 Å². The fraction of sp³-hybridized carbons (Fsp3) is 0.0556. The van der Waals surface area contributed by atoms with Gasteiger partial charge in [0, 0.05) is 10.0 Å². The summed E-state index contributed by atoms with van der Waals surface area (Å²) in [6, 6.07) is 9.76. The molecule has 0 aliphatic carbocycles. The number of benzene rings is 2. The van der Waals surface area contributed by atoms with Crippen molar-refractivity contribution in [1.29, 1.82) is 0 Å². The molecule has 132 valence electrons. The summed E-state index contributed by atoms with van der Waals surface area (Å²) in [5, 5.41) is 11.5. The Labute approximate surface area is 157 Å². The molecule has 26 heavy (non-hydrogen) atoms. The summed E-state index contributed by atoms with van der Waals surface area (Å²) in [6.07, 6.45) is 1.36. The molecule has 1 saturated heterocycles. The summed E-state index contributed by atoms with van der Waals surface area (Å²) in [4.78, 5) is 37.9. The number of urea groups is 1. The van der Waals surface area contributed by atoms with Crippen LogP contribution in [0.5, 0.6) is 11.5 Å². The number of anilines is 1. The molecule has 4 amide bonds. The highest BCUT2D eigenvalue weighted by Gasteiger charge is 2.36. The van der Waals surface area contributed by atoms with Gasteiger partial charge in [-0.05, 0) is 48.5 Å². The van der Waals surface area contributed by atoms with E-state index in [4.69, 9.17) is 4.74 Å². The maximum atomic E-state index is 12.8. The molecular weight excluding hydrogens is 404 g/mol. The number of halogens is 1. The Kier molecular flexibility index (Phi) is 4.77. The lowest BCUT2D eigenvalue weighted by molar-refractivity contribution is -0.122. The fourth-order valence-electron chi connectivity index (χ4n) is 2.47. The maximum absolute atomic E-state index is 12.8. The van der Waals surface area contributed by atoms with Gasteiger partial charge in [0.25, 0.3) is 11.8 Å². The predicted octanol–water partition coefficient (Wildman–Crippen LogP) is 2.83. The Morgan fingerprint density at radius 2 is 1.81 bits per heavy atom. The van der Waals surface area contributed by atoms with Crippen LogP contribution in [0.15, 0.2) is 52.5 Å². The Morgan fingerprint density at radius 3 is 2.46 bits per heavy atom.